The van der Waals surface area contributed by atoms with E-state index < -0.39 is 0 Å². The van der Waals surface area contributed by atoms with Crippen LogP contribution < -0.4 is 0 Å². The fourth-order valence-electron chi connectivity index (χ4n) is 6.14. The molecule has 1 aliphatic rings. The Morgan fingerprint density at radius 2 is 1.59 bits per heavy atom. The van der Waals surface area contributed by atoms with Crippen LogP contribution in [0.15, 0.2) is 60.7 Å². The molecule has 3 nitrogen and oxygen atoms in total. The van der Waals surface area contributed by atoms with E-state index in [4.69, 9.17) is 4.74 Å². The Morgan fingerprint density at radius 3 is 2.16 bits per heavy atom. The largest absolute Gasteiger partial charge is 0.392 e. The molecule has 0 saturated heterocycles. The van der Waals surface area contributed by atoms with Crippen LogP contribution >= 0.6 is 0 Å². The standard InChI is InChI=1S/C29H43NO2/c1-23(2)21-30(4)22-29(17-16-24-12-8-6-9-13-24)20-26(32-5)19-28(3,27(29)31)18-25-14-10-7-11-15-25/h6-15,23,26-27,31H,16-22H2,1-5H3. The summed E-state index contributed by atoms with van der Waals surface area (Å²) in [6, 6.07) is 21.3. The number of aliphatic hydroxyl groups is 1. The lowest BCUT2D eigenvalue weighted by atomic mass is 9.56. The van der Waals surface area contributed by atoms with Gasteiger partial charge in [0.25, 0.3) is 0 Å². The topological polar surface area (TPSA) is 32.7 Å². The fraction of sp³-hybridized carbons (Fsp3) is 0.586. The molecule has 1 aliphatic carbocycles. The summed E-state index contributed by atoms with van der Waals surface area (Å²) >= 11 is 0. The van der Waals surface area contributed by atoms with E-state index in [1.165, 1.54) is 11.1 Å². The van der Waals surface area contributed by atoms with Crippen LogP contribution in [0.3, 0.4) is 0 Å². The van der Waals surface area contributed by atoms with Gasteiger partial charge in [-0.3, -0.25) is 0 Å². The molecule has 0 heterocycles. The summed E-state index contributed by atoms with van der Waals surface area (Å²) < 4.78 is 6.01. The third kappa shape index (κ3) is 6.21. The SMILES string of the molecule is COC1CC(C)(Cc2ccccc2)C(O)C(CCc2ccccc2)(CN(C)CC(C)C)C1. The minimum Gasteiger partial charge on any atom is -0.392 e. The van der Waals surface area contributed by atoms with Gasteiger partial charge >= 0.3 is 0 Å². The Balaban J connectivity index is 1.93. The van der Waals surface area contributed by atoms with E-state index in [-0.39, 0.29) is 23.0 Å². The van der Waals surface area contributed by atoms with E-state index in [1.807, 2.05) is 7.11 Å². The van der Waals surface area contributed by atoms with E-state index in [0.29, 0.717) is 5.92 Å². The van der Waals surface area contributed by atoms with Crippen molar-refractivity contribution in [3.8, 4) is 0 Å². The predicted octanol–water partition coefficient (Wildman–Crippen LogP) is 5.61. The minimum atomic E-state index is -0.389. The van der Waals surface area contributed by atoms with Gasteiger partial charge in [0, 0.05) is 31.0 Å². The maximum atomic E-state index is 12.1. The van der Waals surface area contributed by atoms with Crippen LogP contribution in [0.5, 0.6) is 0 Å². The van der Waals surface area contributed by atoms with E-state index in [1.54, 1.807) is 0 Å². The summed E-state index contributed by atoms with van der Waals surface area (Å²) in [5.74, 6) is 0.598. The number of methoxy groups -OCH3 is 1. The molecule has 0 aliphatic heterocycles. The summed E-state index contributed by atoms with van der Waals surface area (Å²) in [6.07, 6.45) is 4.38. The van der Waals surface area contributed by atoms with Crippen molar-refractivity contribution >= 4 is 0 Å². The molecule has 4 atom stereocenters. The number of aryl methyl sites for hydroxylation is 1. The number of nitrogens with zero attached hydrogens (tertiary/aromatic N) is 1. The van der Waals surface area contributed by atoms with Gasteiger partial charge in [-0.05, 0) is 56.2 Å². The molecule has 3 rings (SSSR count). The molecule has 2 aromatic rings. The van der Waals surface area contributed by atoms with Gasteiger partial charge in [-0.2, -0.15) is 0 Å². The first-order chi connectivity index (χ1) is 15.3. The van der Waals surface area contributed by atoms with Crippen LogP contribution in [0.25, 0.3) is 0 Å². The minimum absolute atomic E-state index is 0.162. The van der Waals surface area contributed by atoms with Crippen LogP contribution in [0.1, 0.15) is 51.2 Å². The second kappa shape index (κ2) is 11.0. The first-order valence-corrected chi connectivity index (χ1v) is 12.2. The van der Waals surface area contributed by atoms with Crippen molar-refractivity contribution in [1.82, 2.24) is 4.90 Å². The summed E-state index contributed by atoms with van der Waals surface area (Å²) in [5.41, 5.74) is 2.20. The molecule has 0 bridgehead atoms. The van der Waals surface area contributed by atoms with Crippen LogP contribution in [-0.4, -0.2) is 49.5 Å². The molecule has 176 valence electrons. The maximum Gasteiger partial charge on any atom is 0.0667 e. The molecule has 0 aromatic heterocycles. The predicted molar refractivity (Wildman–Crippen MR) is 134 cm³/mol. The lowest BCUT2D eigenvalue weighted by Crippen LogP contribution is -2.59. The van der Waals surface area contributed by atoms with E-state index in [9.17, 15) is 5.11 Å². The molecule has 1 fully saturated rings. The summed E-state index contributed by atoms with van der Waals surface area (Å²) in [4.78, 5) is 2.43. The quantitative estimate of drug-likeness (QED) is 0.524. The third-order valence-electron chi connectivity index (χ3n) is 7.37. The molecular weight excluding hydrogens is 394 g/mol. The van der Waals surface area contributed by atoms with E-state index in [0.717, 1.165) is 45.2 Å². The lowest BCUT2D eigenvalue weighted by Gasteiger charge is -2.55. The molecule has 1 N–H and O–H groups in total. The Kier molecular flexibility index (Phi) is 8.55. The van der Waals surface area contributed by atoms with Gasteiger partial charge in [0.1, 0.15) is 0 Å². The molecule has 0 radical (unpaired) electrons. The normalized spacial score (nSPS) is 28.4. The van der Waals surface area contributed by atoms with Crippen molar-refractivity contribution < 1.29 is 9.84 Å². The summed E-state index contributed by atoms with van der Waals surface area (Å²) in [5, 5.41) is 12.1. The van der Waals surface area contributed by atoms with Crippen LogP contribution in [0.2, 0.25) is 0 Å². The first kappa shape index (κ1) is 25.0. The zero-order chi connectivity index (χ0) is 23.2. The van der Waals surface area contributed by atoms with Crippen molar-refractivity contribution in [1.29, 1.82) is 0 Å². The molecule has 0 amide bonds. The third-order valence-corrected chi connectivity index (χ3v) is 7.37. The smallest absolute Gasteiger partial charge is 0.0667 e. The van der Waals surface area contributed by atoms with E-state index in [2.05, 4.69) is 93.4 Å². The van der Waals surface area contributed by atoms with Crippen molar-refractivity contribution in [2.24, 2.45) is 16.7 Å². The number of hydrogen-bond donors (Lipinski definition) is 1. The monoisotopic (exact) mass is 437 g/mol. The van der Waals surface area contributed by atoms with Gasteiger partial charge in [-0.1, -0.05) is 81.4 Å². The van der Waals surface area contributed by atoms with Gasteiger partial charge in [0.05, 0.1) is 12.2 Å². The van der Waals surface area contributed by atoms with Gasteiger partial charge in [-0.25, -0.2) is 0 Å². The average Bonchev–Trinajstić information content (AvgIpc) is 2.76. The fourth-order valence-corrected chi connectivity index (χ4v) is 6.14. The van der Waals surface area contributed by atoms with Crippen LogP contribution in [0, 0.1) is 16.7 Å². The van der Waals surface area contributed by atoms with Gasteiger partial charge in [0.2, 0.25) is 0 Å². The highest BCUT2D eigenvalue weighted by Crippen LogP contribution is 2.51. The Hall–Kier alpha value is -1.68. The van der Waals surface area contributed by atoms with Gasteiger partial charge in [0.15, 0.2) is 0 Å². The maximum absolute atomic E-state index is 12.1. The molecule has 3 heteroatoms. The van der Waals surface area contributed by atoms with Crippen LogP contribution in [-0.2, 0) is 17.6 Å². The summed E-state index contributed by atoms with van der Waals surface area (Å²) in [6.45, 7) is 8.73. The zero-order valence-electron chi connectivity index (χ0n) is 20.8. The zero-order valence-corrected chi connectivity index (χ0v) is 20.8. The lowest BCUT2D eigenvalue weighted by molar-refractivity contribution is -0.156. The Morgan fingerprint density at radius 1 is 1.00 bits per heavy atom. The Bertz CT molecular complexity index is 808. The Labute approximate surface area is 195 Å². The number of aliphatic hydroxyl groups excluding tert-OH is 1. The number of rotatable bonds is 10. The first-order valence-electron chi connectivity index (χ1n) is 12.2. The molecule has 32 heavy (non-hydrogen) atoms. The average molecular weight is 438 g/mol. The molecular formula is C29H43NO2. The highest BCUT2D eigenvalue weighted by atomic mass is 16.5. The van der Waals surface area contributed by atoms with Gasteiger partial charge in [-0.15, -0.1) is 0 Å². The number of hydrogen-bond acceptors (Lipinski definition) is 3. The number of benzene rings is 2. The molecule has 0 spiro atoms. The highest BCUT2D eigenvalue weighted by Gasteiger charge is 2.53. The second-order valence-corrected chi connectivity index (χ2v) is 10.9. The van der Waals surface area contributed by atoms with Crippen molar-refractivity contribution in [3.05, 3.63) is 71.8 Å². The second-order valence-electron chi connectivity index (χ2n) is 10.9. The van der Waals surface area contributed by atoms with Crippen molar-refractivity contribution in [2.75, 3.05) is 27.2 Å². The number of ether oxygens (including phenoxy) is 1. The molecule has 2 aromatic carbocycles. The highest BCUT2D eigenvalue weighted by molar-refractivity contribution is 5.20. The van der Waals surface area contributed by atoms with Crippen LogP contribution in [0.4, 0.5) is 0 Å². The molecule has 1 saturated carbocycles. The summed E-state index contributed by atoms with van der Waals surface area (Å²) in [7, 11) is 4.05. The molecule has 4 unspecified atom stereocenters. The van der Waals surface area contributed by atoms with E-state index >= 15 is 0 Å². The van der Waals surface area contributed by atoms with Gasteiger partial charge < -0.3 is 14.7 Å². The van der Waals surface area contributed by atoms with Crippen molar-refractivity contribution in [3.63, 3.8) is 0 Å². The van der Waals surface area contributed by atoms with Crippen molar-refractivity contribution in [2.45, 2.75) is 65.1 Å².